The number of hydrogen-bond acceptors (Lipinski definition) is 9. The monoisotopic (exact) mass is 468 g/mol. The van der Waals surface area contributed by atoms with Crippen LogP contribution in [-0.4, -0.2) is 79.0 Å². The van der Waals surface area contributed by atoms with Crippen molar-refractivity contribution in [3.8, 4) is 11.5 Å². The minimum atomic E-state index is -4.28. The molecule has 1 aromatic rings. The molecular formula is C16H24N2O8S3. The number of hydrazine groups is 1. The molecule has 164 valence electrons. The molecule has 2 atom stereocenters. The van der Waals surface area contributed by atoms with Gasteiger partial charge in [-0.05, 0) is 25.0 Å². The first-order valence-electron chi connectivity index (χ1n) is 8.91. The number of hydrogen-bond donors (Lipinski definition) is 1. The molecule has 2 aliphatic rings. The van der Waals surface area contributed by atoms with Gasteiger partial charge in [0.2, 0.25) is 0 Å². The van der Waals surface area contributed by atoms with Crippen LogP contribution in [0.1, 0.15) is 12.8 Å². The molecule has 3 rings (SSSR count). The summed E-state index contributed by atoms with van der Waals surface area (Å²) in [5.41, 5.74) is 2.78. The highest BCUT2D eigenvalue weighted by Gasteiger charge is 2.42. The van der Waals surface area contributed by atoms with Crippen molar-refractivity contribution in [1.82, 2.24) is 9.84 Å². The second-order valence-electron chi connectivity index (χ2n) is 7.10. The van der Waals surface area contributed by atoms with Gasteiger partial charge in [-0.2, -0.15) is 0 Å². The highest BCUT2D eigenvalue weighted by molar-refractivity contribution is 7.92. The summed E-state index contributed by atoms with van der Waals surface area (Å²) in [6.07, 6.45) is 0.351. The Balaban J connectivity index is 2.03. The molecule has 2 saturated heterocycles. The van der Waals surface area contributed by atoms with Crippen molar-refractivity contribution in [2.45, 2.75) is 29.8 Å². The van der Waals surface area contributed by atoms with Crippen molar-refractivity contribution in [2.75, 3.05) is 37.2 Å². The molecule has 0 spiro atoms. The maximum absolute atomic E-state index is 13.5. The van der Waals surface area contributed by atoms with Gasteiger partial charge in [-0.3, -0.25) is 0 Å². The smallest absolute Gasteiger partial charge is 0.259 e. The molecule has 0 amide bonds. The second kappa shape index (κ2) is 8.02. The highest BCUT2D eigenvalue weighted by atomic mass is 32.2. The Morgan fingerprint density at radius 1 is 1.00 bits per heavy atom. The van der Waals surface area contributed by atoms with Crippen LogP contribution >= 0.6 is 0 Å². The molecule has 2 aliphatic heterocycles. The van der Waals surface area contributed by atoms with Crippen LogP contribution in [0.15, 0.2) is 23.1 Å². The molecule has 0 aliphatic carbocycles. The molecule has 2 fully saturated rings. The third-order valence-corrected chi connectivity index (χ3v) is 10.3. The van der Waals surface area contributed by atoms with Crippen molar-refractivity contribution in [2.24, 2.45) is 0 Å². The van der Waals surface area contributed by atoms with E-state index in [1.165, 1.54) is 26.4 Å². The lowest BCUT2D eigenvalue weighted by atomic mass is 10.2. The topological polar surface area (TPSA) is 136 Å². The zero-order chi connectivity index (χ0) is 21.4. The van der Waals surface area contributed by atoms with Crippen molar-refractivity contribution < 1.29 is 34.7 Å². The second-order valence-corrected chi connectivity index (χ2v) is 13.3. The van der Waals surface area contributed by atoms with E-state index in [0.717, 1.165) is 4.41 Å². The summed E-state index contributed by atoms with van der Waals surface area (Å²) in [6.45, 7) is 0. The summed E-state index contributed by atoms with van der Waals surface area (Å²) in [5, 5.41) is 0. The van der Waals surface area contributed by atoms with Crippen LogP contribution in [0.2, 0.25) is 0 Å². The molecule has 29 heavy (non-hydrogen) atoms. The first-order chi connectivity index (χ1) is 13.5. The van der Waals surface area contributed by atoms with Crippen molar-refractivity contribution in [3.63, 3.8) is 0 Å². The van der Waals surface area contributed by atoms with E-state index >= 15 is 0 Å². The number of nitrogens with one attached hydrogen (secondary N) is 1. The standard InChI is InChI=1S/C16H24N2O8S3/c1-25-14-3-4-15(26-2)16(9-14)29(23,24)18(13-6-8-28(21,22)11-13)17-12-5-7-27(19,20)10-12/h3-4,9,12-13,17H,5-8,10-11H2,1-2H3/t12-,13+/m0/s1. The first-order valence-corrected chi connectivity index (χ1v) is 14.0. The van der Waals surface area contributed by atoms with E-state index < -0.39 is 41.8 Å². The third kappa shape index (κ3) is 4.85. The van der Waals surface area contributed by atoms with Crippen molar-refractivity contribution in [3.05, 3.63) is 18.2 Å². The summed E-state index contributed by atoms with van der Waals surface area (Å²) in [7, 11) is -8.22. The normalized spacial score (nSPS) is 25.9. The molecule has 2 heterocycles. The van der Waals surface area contributed by atoms with Crippen LogP contribution in [0.25, 0.3) is 0 Å². The number of sulfonamides is 1. The molecule has 0 unspecified atom stereocenters. The van der Waals surface area contributed by atoms with Gasteiger partial charge in [0.15, 0.2) is 19.7 Å². The number of methoxy groups -OCH3 is 2. The Labute approximate surface area is 171 Å². The van der Waals surface area contributed by atoms with Gasteiger partial charge >= 0.3 is 0 Å². The van der Waals surface area contributed by atoms with Crippen LogP contribution in [0.3, 0.4) is 0 Å². The predicted molar refractivity (Wildman–Crippen MR) is 106 cm³/mol. The van der Waals surface area contributed by atoms with Crippen molar-refractivity contribution >= 4 is 29.7 Å². The molecule has 0 saturated carbocycles. The Morgan fingerprint density at radius 3 is 2.17 bits per heavy atom. The Morgan fingerprint density at radius 2 is 1.66 bits per heavy atom. The van der Waals surface area contributed by atoms with Gasteiger partial charge in [0.25, 0.3) is 10.0 Å². The SMILES string of the molecule is COc1ccc(OC)c(S(=O)(=O)N(N[C@H]2CCS(=O)(=O)C2)[C@@H]2CCS(=O)(=O)C2)c1. The van der Waals surface area contributed by atoms with Crippen LogP contribution in [0.5, 0.6) is 11.5 Å². The molecule has 1 aromatic carbocycles. The van der Waals surface area contributed by atoms with E-state index in [0.29, 0.717) is 0 Å². The van der Waals surface area contributed by atoms with E-state index in [2.05, 4.69) is 5.43 Å². The minimum Gasteiger partial charge on any atom is -0.497 e. The maximum atomic E-state index is 13.5. The number of benzene rings is 1. The number of rotatable bonds is 7. The lowest BCUT2D eigenvalue weighted by Crippen LogP contribution is -2.54. The van der Waals surface area contributed by atoms with E-state index in [9.17, 15) is 25.3 Å². The van der Waals surface area contributed by atoms with E-state index in [4.69, 9.17) is 9.47 Å². The van der Waals surface area contributed by atoms with Gasteiger partial charge in [-0.15, -0.1) is 4.41 Å². The average molecular weight is 469 g/mol. The summed E-state index contributed by atoms with van der Waals surface area (Å²) in [4.78, 5) is -0.197. The fourth-order valence-electron chi connectivity index (χ4n) is 3.50. The predicted octanol–water partition coefficient (Wildman–Crippen LogP) is -0.427. The van der Waals surface area contributed by atoms with E-state index in [1.807, 2.05) is 0 Å². The zero-order valence-corrected chi connectivity index (χ0v) is 18.5. The van der Waals surface area contributed by atoms with Gasteiger partial charge in [-0.1, -0.05) is 0 Å². The van der Waals surface area contributed by atoms with Gasteiger partial charge < -0.3 is 9.47 Å². The fraction of sp³-hybridized carbons (Fsp3) is 0.625. The molecule has 0 bridgehead atoms. The summed E-state index contributed by atoms with van der Waals surface area (Å²) < 4.78 is 85.8. The highest BCUT2D eigenvalue weighted by Crippen LogP contribution is 2.33. The molecular weight excluding hydrogens is 444 g/mol. The maximum Gasteiger partial charge on any atom is 0.259 e. The van der Waals surface area contributed by atoms with Crippen LogP contribution < -0.4 is 14.9 Å². The number of sulfone groups is 2. The molecule has 10 nitrogen and oxygen atoms in total. The lowest BCUT2D eigenvalue weighted by Gasteiger charge is -2.30. The Bertz CT molecular complexity index is 1080. The summed E-state index contributed by atoms with van der Waals surface area (Å²) in [5.74, 6) is -0.393. The van der Waals surface area contributed by atoms with E-state index in [-0.39, 0.29) is 52.2 Å². The summed E-state index contributed by atoms with van der Waals surface area (Å²) >= 11 is 0. The third-order valence-electron chi connectivity index (χ3n) is 4.99. The van der Waals surface area contributed by atoms with Gasteiger partial charge in [0, 0.05) is 12.1 Å². The largest absolute Gasteiger partial charge is 0.497 e. The fourth-order valence-corrected chi connectivity index (χ4v) is 8.70. The lowest BCUT2D eigenvalue weighted by molar-refractivity contribution is 0.228. The first kappa shape index (κ1) is 22.3. The number of ether oxygens (including phenoxy) is 2. The summed E-state index contributed by atoms with van der Waals surface area (Å²) in [6, 6.07) is 2.78. The van der Waals surface area contributed by atoms with E-state index in [1.54, 1.807) is 6.07 Å². The van der Waals surface area contributed by atoms with Crippen molar-refractivity contribution in [1.29, 1.82) is 0 Å². The van der Waals surface area contributed by atoms with Crippen LogP contribution in [0.4, 0.5) is 0 Å². The minimum absolute atomic E-state index is 0.0516. The Hall–Kier alpha value is -1.41. The van der Waals surface area contributed by atoms with Gasteiger partial charge in [0.05, 0.1) is 43.3 Å². The molecule has 13 heteroatoms. The Kier molecular flexibility index (Phi) is 6.16. The molecule has 0 radical (unpaired) electrons. The van der Waals surface area contributed by atoms with Gasteiger partial charge in [-0.25, -0.2) is 30.7 Å². The quantitative estimate of drug-likeness (QED) is 0.529. The van der Waals surface area contributed by atoms with Gasteiger partial charge in [0.1, 0.15) is 16.4 Å². The number of nitrogens with zero attached hydrogens (tertiary/aromatic N) is 1. The van der Waals surface area contributed by atoms with Crippen LogP contribution in [0, 0.1) is 0 Å². The van der Waals surface area contributed by atoms with Crippen LogP contribution in [-0.2, 0) is 29.7 Å². The average Bonchev–Trinajstić information content (AvgIpc) is 3.19. The molecule has 0 aromatic heterocycles. The zero-order valence-electron chi connectivity index (χ0n) is 16.1. The molecule has 1 N–H and O–H groups in total.